The smallest absolute Gasteiger partial charge is 0.144 e. The van der Waals surface area contributed by atoms with Crippen LogP contribution in [-0.4, -0.2) is 0 Å². The summed E-state index contributed by atoms with van der Waals surface area (Å²) in [7, 11) is 0. The fourth-order valence-electron chi connectivity index (χ4n) is 8.98. The predicted octanol–water partition coefficient (Wildman–Crippen LogP) is 15.1. The van der Waals surface area contributed by atoms with Gasteiger partial charge in [0.1, 0.15) is 22.3 Å². The van der Waals surface area contributed by atoms with E-state index in [1.165, 1.54) is 65.3 Å². The molecule has 2 heterocycles. The summed E-state index contributed by atoms with van der Waals surface area (Å²) in [4.78, 5) is 0. The van der Waals surface area contributed by atoms with E-state index in [0.717, 1.165) is 55.0 Å². The SMILES string of the molecule is c1ccc2cc(-c3c4ccccc4c(-c4ccc5cc(-c6cc7oc8ccccc8c7c7c6oc6ccccc67)ccc5c4)c4ccccc34)ccc2c1. The van der Waals surface area contributed by atoms with E-state index in [1.807, 2.05) is 18.2 Å². The van der Waals surface area contributed by atoms with Gasteiger partial charge in [0.25, 0.3) is 0 Å². The number of rotatable bonds is 3. The van der Waals surface area contributed by atoms with E-state index in [-0.39, 0.29) is 0 Å². The maximum Gasteiger partial charge on any atom is 0.144 e. The van der Waals surface area contributed by atoms with Gasteiger partial charge in [0.05, 0.1) is 0 Å². The van der Waals surface area contributed by atoms with Gasteiger partial charge in [-0.05, 0) is 107 Å². The summed E-state index contributed by atoms with van der Waals surface area (Å²) in [5.74, 6) is 0. The van der Waals surface area contributed by atoms with Crippen molar-refractivity contribution < 1.29 is 8.83 Å². The van der Waals surface area contributed by atoms with Gasteiger partial charge < -0.3 is 8.83 Å². The minimum atomic E-state index is 0.867. The van der Waals surface area contributed by atoms with Gasteiger partial charge in [0, 0.05) is 27.1 Å². The van der Waals surface area contributed by atoms with Crippen molar-refractivity contribution in [3.8, 4) is 33.4 Å². The fourth-order valence-corrected chi connectivity index (χ4v) is 8.98. The maximum atomic E-state index is 6.66. The standard InChI is InChI=1S/C52H30O2/c1-2-12-32-28-36(25-21-31(32)11-1)48-38-13-3-5-15-40(38)49(41-16-6-4-14-39(41)48)37-26-23-33-27-35(24-22-34(33)29-37)44-30-47-50(42-17-7-9-19-45(42)53-47)51-43-18-8-10-20-46(43)54-52(44)51/h1-30H. The molecule has 10 aromatic carbocycles. The third-order valence-electron chi connectivity index (χ3n) is 11.4. The molecule has 2 heteroatoms. The van der Waals surface area contributed by atoms with Crippen molar-refractivity contribution in [1.29, 1.82) is 0 Å². The minimum Gasteiger partial charge on any atom is -0.456 e. The first-order valence-corrected chi connectivity index (χ1v) is 18.5. The van der Waals surface area contributed by atoms with E-state index >= 15 is 0 Å². The van der Waals surface area contributed by atoms with Gasteiger partial charge in [-0.25, -0.2) is 0 Å². The molecule has 0 unspecified atom stereocenters. The summed E-state index contributed by atoms with van der Waals surface area (Å²) in [6, 6.07) is 65.6. The van der Waals surface area contributed by atoms with Crippen LogP contribution in [0.3, 0.4) is 0 Å². The first kappa shape index (κ1) is 29.4. The Morgan fingerprint density at radius 3 is 1.31 bits per heavy atom. The Morgan fingerprint density at radius 1 is 0.278 bits per heavy atom. The Kier molecular flexibility index (Phi) is 6.09. The number of para-hydroxylation sites is 2. The second-order valence-electron chi connectivity index (χ2n) is 14.4. The van der Waals surface area contributed by atoms with E-state index in [2.05, 4.69) is 164 Å². The monoisotopic (exact) mass is 686 g/mol. The van der Waals surface area contributed by atoms with Crippen molar-refractivity contribution in [1.82, 2.24) is 0 Å². The molecule has 0 aliphatic rings. The third kappa shape index (κ3) is 4.22. The van der Waals surface area contributed by atoms with Crippen LogP contribution in [0.4, 0.5) is 0 Å². The number of hydrogen-bond donors (Lipinski definition) is 0. The Hall–Kier alpha value is -7.16. The van der Waals surface area contributed by atoms with Crippen LogP contribution in [0.25, 0.3) is 120 Å². The average molecular weight is 687 g/mol. The lowest BCUT2D eigenvalue weighted by Crippen LogP contribution is -1.91. The molecule has 0 spiro atoms. The zero-order valence-corrected chi connectivity index (χ0v) is 29.1. The Balaban J connectivity index is 1.05. The molecule has 250 valence electrons. The van der Waals surface area contributed by atoms with Gasteiger partial charge in [0.15, 0.2) is 0 Å². The van der Waals surface area contributed by atoms with Crippen LogP contribution < -0.4 is 0 Å². The summed E-state index contributed by atoms with van der Waals surface area (Å²) in [6.45, 7) is 0. The molecule has 12 aromatic rings. The highest BCUT2D eigenvalue weighted by Gasteiger charge is 2.21. The topological polar surface area (TPSA) is 26.3 Å². The molecule has 0 N–H and O–H groups in total. The summed E-state index contributed by atoms with van der Waals surface area (Å²) in [6.07, 6.45) is 0. The summed E-state index contributed by atoms with van der Waals surface area (Å²) in [5.41, 5.74) is 10.6. The van der Waals surface area contributed by atoms with Gasteiger partial charge in [-0.3, -0.25) is 0 Å². The van der Waals surface area contributed by atoms with Gasteiger partial charge >= 0.3 is 0 Å². The predicted molar refractivity (Wildman–Crippen MR) is 227 cm³/mol. The zero-order valence-electron chi connectivity index (χ0n) is 29.1. The normalized spacial score (nSPS) is 12.1. The largest absolute Gasteiger partial charge is 0.456 e. The maximum absolute atomic E-state index is 6.66. The molecule has 54 heavy (non-hydrogen) atoms. The fraction of sp³-hybridized carbons (Fsp3) is 0. The average Bonchev–Trinajstić information content (AvgIpc) is 3.80. The van der Waals surface area contributed by atoms with Crippen LogP contribution in [0, 0.1) is 0 Å². The molecule has 12 rings (SSSR count). The van der Waals surface area contributed by atoms with E-state index < -0.39 is 0 Å². The number of fused-ring (bicyclic) bond motifs is 11. The Labute approximate surface area is 310 Å². The van der Waals surface area contributed by atoms with E-state index in [1.54, 1.807) is 0 Å². The molecule has 0 saturated heterocycles. The molecule has 0 fully saturated rings. The van der Waals surface area contributed by atoms with Gasteiger partial charge in [0.2, 0.25) is 0 Å². The molecule has 0 atom stereocenters. The van der Waals surface area contributed by atoms with E-state index in [4.69, 9.17) is 8.83 Å². The summed E-state index contributed by atoms with van der Waals surface area (Å²) < 4.78 is 13.1. The summed E-state index contributed by atoms with van der Waals surface area (Å²) >= 11 is 0. The lowest BCUT2D eigenvalue weighted by Gasteiger charge is -2.18. The second kappa shape index (κ2) is 11.2. The van der Waals surface area contributed by atoms with Crippen LogP contribution in [0.2, 0.25) is 0 Å². The van der Waals surface area contributed by atoms with Crippen molar-refractivity contribution >= 4 is 87.0 Å². The number of hydrogen-bond acceptors (Lipinski definition) is 2. The van der Waals surface area contributed by atoms with Crippen molar-refractivity contribution in [2.75, 3.05) is 0 Å². The van der Waals surface area contributed by atoms with Gasteiger partial charge in [-0.1, -0.05) is 146 Å². The van der Waals surface area contributed by atoms with Gasteiger partial charge in [-0.15, -0.1) is 0 Å². The Morgan fingerprint density at radius 2 is 0.704 bits per heavy atom. The highest BCUT2D eigenvalue weighted by molar-refractivity contribution is 6.28. The first-order valence-electron chi connectivity index (χ1n) is 18.5. The van der Waals surface area contributed by atoms with Crippen molar-refractivity contribution in [3.63, 3.8) is 0 Å². The molecule has 2 aromatic heterocycles. The minimum absolute atomic E-state index is 0.867. The van der Waals surface area contributed by atoms with E-state index in [0.29, 0.717) is 0 Å². The Bertz CT molecular complexity index is 3450. The lowest BCUT2D eigenvalue weighted by atomic mass is 9.85. The molecule has 0 bridgehead atoms. The molecule has 0 aliphatic carbocycles. The molecule has 0 aliphatic heterocycles. The van der Waals surface area contributed by atoms with Crippen molar-refractivity contribution in [2.24, 2.45) is 0 Å². The first-order chi connectivity index (χ1) is 26.8. The van der Waals surface area contributed by atoms with Crippen LogP contribution in [-0.2, 0) is 0 Å². The molecule has 0 amide bonds. The van der Waals surface area contributed by atoms with Crippen LogP contribution >= 0.6 is 0 Å². The molecule has 0 saturated carbocycles. The zero-order chi connectivity index (χ0) is 35.3. The molecule has 2 nitrogen and oxygen atoms in total. The second-order valence-corrected chi connectivity index (χ2v) is 14.4. The van der Waals surface area contributed by atoms with Crippen LogP contribution in [0.1, 0.15) is 0 Å². The highest BCUT2D eigenvalue weighted by Crippen LogP contribution is 2.47. The third-order valence-corrected chi connectivity index (χ3v) is 11.4. The quantitative estimate of drug-likeness (QED) is 0.173. The number of furan rings is 2. The van der Waals surface area contributed by atoms with Crippen LogP contribution in [0.15, 0.2) is 191 Å². The summed E-state index contributed by atoms with van der Waals surface area (Å²) in [5, 5.41) is 14.3. The number of benzene rings is 10. The molecular formula is C52H30O2. The molecule has 0 radical (unpaired) electrons. The van der Waals surface area contributed by atoms with Crippen molar-refractivity contribution in [2.45, 2.75) is 0 Å². The van der Waals surface area contributed by atoms with Gasteiger partial charge in [-0.2, -0.15) is 0 Å². The molecular weight excluding hydrogens is 657 g/mol. The highest BCUT2D eigenvalue weighted by atomic mass is 16.3. The van der Waals surface area contributed by atoms with Crippen LogP contribution in [0.5, 0.6) is 0 Å². The lowest BCUT2D eigenvalue weighted by molar-refractivity contribution is 0.664. The van der Waals surface area contributed by atoms with E-state index in [9.17, 15) is 0 Å². The van der Waals surface area contributed by atoms with Crippen molar-refractivity contribution in [3.05, 3.63) is 182 Å².